The molecule has 0 bridgehead atoms. The minimum Gasteiger partial charge on any atom is -0.399 e. The number of nitrogens with zero attached hydrogens (tertiary/aromatic N) is 3. The van der Waals surface area contributed by atoms with Gasteiger partial charge in [0.2, 0.25) is 0 Å². The van der Waals surface area contributed by atoms with E-state index >= 15 is 0 Å². The molecule has 0 unspecified atom stereocenters. The number of hydrogen-bond acceptors (Lipinski definition) is 5. The van der Waals surface area contributed by atoms with Gasteiger partial charge in [-0.3, -0.25) is 9.69 Å². The van der Waals surface area contributed by atoms with Gasteiger partial charge in [-0.15, -0.1) is 0 Å². The van der Waals surface area contributed by atoms with Gasteiger partial charge in [0, 0.05) is 43.2 Å². The molecular weight excluding hydrogens is 304 g/mol. The standard InChI is InChI=1S/C17H18N6O/c18-12-3-1-11(2-4-12)16-21-14-5-8-23(9-13(14)17(24)22-16)10-15-19-6-7-20-15/h1-4,6-7H,5,8-10,18H2,(H,19,20)(H,21,22,24). The highest BCUT2D eigenvalue weighted by molar-refractivity contribution is 5.58. The summed E-state index contributed by atoms with van der Waals surface area (Å²) in [5, 5.41) is 0. The van der Waals surface area contributed by atoms with Crippen LogP contribution >= 0.6 is 0 Å². The molecule has 3 heterocycles. The quantitative estimate of drug-likeness (QED) is 0.631. The molecule has 7 nitrogen and oxygen atoms in total. The van der Waals surface area contributed by atoms with Gasteiger partial charge in [-0.05, 0) is 24.3 Å². The Labute approximate surface area is 138 Å². The van der Waals surface area contributed by atoms with Crippen molar-refractivity contribution >= 4 is 5.69 Å². The van der Waals surface area contributed by atoms with Crippen LogP contribution < -0.4 is 11.3 Å². The van der Waals surface area contributed by atoms with E-state index in [9.17, 15) is 4.79 Å². The Morgan fingerprint density at radius 2 is 2.08 bits per heavy atom. The molecule has 0 aliphatic carbocycles. The second kappa shape index (κ2) is 5.93. The van der Waals surface area contributed by atoms with Crippen molar-refractivity contribution in [3.8, 4) is 11.4 Å². The highest BCUT2D eigenvalue weighted by Gasteiger charge is 2.22. The predicted octanol–water partition coefficient (Wildman–Crippen LogP) is 1.30. The van der Waals surface area contributed by atoms with Crippen molar-refractivity contribution in [1.29, 1.82) is 0 Å². The van der Waals surface area contributed by atoms with E-state index in [-0.39, 0.29) is 5.56 Å². The van der Waals surface area contributed by atoms with E-state index in [4.69, 9.17) is 5.73 Å². The van der Waals surface area contributed by atoms with E-state index in [1.807, 2.05) is 12.1 Å². The summed E-state index contributed by atoms with van der Waals surface area (Å²) in [4.78, 5) is 29.6. The third-order valence-corrected chi connectivity index (χ3v) is 4.26. The molecule has 0 saturated heterocycles. The van der Waals surface area contributed by atoms with Crippen molar-refractivity contribution < 1.29 is 0 Å². The lowest BCUT2D eigenvalue weighted by molar-refractivity contribution is 0.236. The van der Waals surface area contributed by atoms with Gasteiger partial charge in [-0.25, -0.2) is 9.97 Å². The lowest BCUT2D eigenvalue weighted by atomic mass is 10.1. The molecule has 4 rings (SSSR count). The largest absolute Gasteiger partial charge is 0.399 e. The monoisotopic (exact) mass is 322 g/mol. The molecule has 4 N–H and O–H groups in total. The summed E-state index contributed by atoms with van der Waals surface area (Å²) >= 11 is 0. The van der Waals surface area contributed by atoms with E-state index in [2.05, 4.69) is 24.8 Å². The highest BCUT2D eigenvalue weighted by atomic mass is 16.1. The summed E-state index contributed by atoms with van der Waals surface area (Å²) in [7, 11) is 0. The van der Waals surface area contributed by atoms with Gasteiger partial charge < -0.3 is 15.7 Å². The Hall–Kier alpha value is -2.93. The summed E-state index contributed by atoms with van der Waals surface area (Å²) in [6, 6.07) is 7.35. The lowest BCUT2D eigenvalue weighted by Gasteiger charge is -2.26. The van der Waals surface area contributed by atoms with Crippen LogP contribution in [0.1, 0.15) is 17.1 Å². The highest BCUT2D eigenvalue weighted by Crippen LogP contribution is 2.20. The Morgan fingerprint density at radius 1 is 1.25 bits per heavy atom. The molecule has 2 aromatic heterocycles. The van der Waals surface area contributed by atoms with Crippen LogP contribution in [0.2, 0.25) is 0 Å². The minimum atomic E-state index is -0.0732. The number of aromatic nitrogens is 4. The number of benzene rings is 1. The molecule has 0 fully saturated rings. The average Bonchev–Trinajstić information content (AvgIpc) is 3.09. The molecule has 24 heavy (non-hydrogen) atoms. The first-order valence-corrected chi connectivity index (χ1v) is 7.87. The first kappa shape index (κ1) is 14.6. The Kier molecular flexibility index (Phi) is 3.62. The molecule has 7 heteroatoms. The molecule has 0 saturated carbocycles. The summed E-state index contributed by atoms with van der Waals surface area (Å²) in [5.41, 5.74) is 8.81. The number of H-pyrrole nitrogens is 2. The van der Waals surface area contributed by atoms with Crippen molar-refractivity contribution in [2.45, 2.75) is 19.5 Å². The average molecular weight is 322 g/mol. The number of nitrogens with two attached hydrogens (primary N) is 1. The van der Waals surface area contributed by atoms with Crippen LogP contribution in [-0.4, -0.2) is 31.4 Å². The number of nitrogens with one attached hydrogen (secondary N) is 2. The number of hydrogen-bond donors (Lipinski definition) is 3. The van der Waals surface area contributed by atoms with Gasteiger partial charge in [0.25, 0.3) is 5.56 Å². The first-order valence-electron chi connectivity index (χ1n) is 7.87. The summed E-state index contributed by atoms with van der Waals surface area (Å²) in [5.74, 6) is 1.50. The third-order valence-electron chi connectivity index (χ3n) is 4.26. The van der Waals surface area contributed by atoms with Crippen LogP contribution in [0.4, 0.5) is 5.69 Å². The Balaban J connectivity index is 1.61. The first-order chi connectivity index (χ1) is 11.7. The zero-order valence-electron chi connectivity index (χ0n) is 13.1. The van der Waals surface area contributed by atoms with Crippen molar-refractivity contribution in [1.82, 2.24) is 24.8 Å². The maximum atomic E-state index is 12.5. The van der Waals surface area contributed by atoms with Crippen LogP contribution in [0.3, 0.4) is 0 Å². The molecule has 0 atom stereocenters. The number of imidazole rings is 1. The molecule has 0 radical (unpaired) electrons. The third kappa shape index (κ3) is 2.81. The van der Waals surface area contributed by atoms with Gasteiger partial charge in [0.05, 0.1) is 17.8 Å². The van der Waals surface area contributed by atoms with E-state index in [1.54, 1.807) is 24.5 Å². The Morgan fingerprint density at radius 3 is 2.83 bits per heavy atom. The van der Waals surface area contributed by atoms with E-state index < -0.39 is 0 Å². The number of anilines is 1. The van der Waals surface area contributed by atoms with Crippen molar-refractivity contribution in [2.75, 3.05) is 12.3 Å². The lowest BCUT2D eigenvalue weighted by Crippen LogP contribution is -2.35. The van der Waals surface area contributed by atoms with Gasteiger partial charge in [-0.2, -0.15) is 0 Å². The second-order valence-corrected chi connectivity index (χ2v) is 5.96. The van der Waals surface area contributed by atoms with E-state index in [0.717, 1.165) is 35.6 Å². The molecule has 1 aromatic carbocycles. The van der Waals surface area contributed by atoms with Crippen LogP contribution in [0.25, 0.3) is 11.4 Å². The molecular formula is C17H18N6O. The topological polar surface area (TPSA) is 104 Å². The molecule has 122 valence electrons. The van der Waals surface area contributed by atoms with Gasteiger partial charge in [0.15, 0.2) is 0 Å². The van der Waals surface area contributed by atoms with Crippen LogP contribution in [0, 0.1) is 0 Å². The fourth-order valence-corrected chi connectivity index (χ4v) is 2.99. The summed E-state index contributed by atoms with van der Waals surface area (Å²) in [6.45, 7) is 2.14. The fourth-order valence-electron chi connectivity index (χ4n) is 2.99. The van der Waals surface area contributed by atoms with Crippen molar-refractivity contribution in [3.05, 3.63) is 64.1 Å². The SMILES string of the molecule is Nc1ccc(-c2nc3c(c(=O)[nH]2)CN(Cc2ncc[nH]2)CC3)cc1. The van der Waals surface area contributed by atoms with Crippen LogP contribution in [-0.2, 0) is 19.5 Å². The van der Waals surface area contributed by atoms with Crippen molar-refractivity contribution in [2.24, 2.45) is 0 Å². The maximum absolute atomic E-state index is 12.5. The molecule has 3 aromatic rings. The zero-order valence-corrected chi connectivity index (χ0v) is 13.1. The van der Waals surface area contributed by atoms with E-state index in [1.165, 1.54) is 0 Å². The van der Waals surface area contributed by atoms with Gasteiger partial charge in [0.1, 0.15) is 11.6 Å². The smallest absolute Gasteiger partial charge is 0.255 e. The normalized spacial score (nSPS) is 14.5. The number of rotatable bonds is 3. The second-order valence-electron chi connectivity index (χ2n) is 5.96. The Bertz CT molecular complexity index is 898. The minimum absolute atomic E-state index is 0.0732. The predicted molar refractivity (Wildman–Crippen MR) is 91.1 cm³/mol. The maximum Gasteiger partial charge on any atom is 0.255 e. The molecule has 1 aliphatic heterocycles. The molecule has 1 aliphatic rings. The summed E-state index contributed by atoms with van der Waals surface area (Å²) in [6.07, 6.45) is 4.29. The van der Waals surface area contributed by atoms with Crippen LogP contribution in [0.15, 0.2) is 41.5 Å². The number of fused-ring (bicyclic) bond motifs is 1. The zero-order chi connectivity index (χ0) is 16.5. The van der Waals surface area contributed by atoms with Gasteiger partial charge >= 0.3 is 0 Å². The van der Waals surface area contributed by atoms with Crippen LogP contribution in [0.5, 0.6) is 0 Å². The number of aromatic amines is 2. The summed E-state index contributed by atoms with van der Waals surface area (Å²) < 4.78 is 0. The molecule has 0 spiro atoms. The fraction of sp³-hybridized carbons (Fsp3) is 0.235. The van der Waals surface area contributed by atoms with E-state index in [0.29, 0.717) is 24.6 Å². The van der Waals surface area contributed by atoms with Crippen molar-refractivity contribution in [3.63, 3.8) is 0 Å². The number of nitrogen functional groups attached to an aromatic ring is 1. The van der Waals surface area contributed by atoms with Gasteiger partial charge in [-0.1, -0.05) is 0 Å². The molecule has 0 amide bonds.